The summed E-state index contributed by atoms with van der Waals surface area (Å²) in [5, 5.41) is 1.91. The standard InChI is InChI=1S/C17H19N3O4S2/c1-13(16-6-3-11-25-16)18-19-17(21)14-4-2-5-15(12-14)26(22,23)20-7-9-24-10-8-20/h2-6,11-12,18H,1,7-10H2,(H,19,21). The molecule has 0 saturated carbocycles. The molecule has 1 aliphatic rings. The molecule has 26 heavy (non-hydrogen) atoms. The lowest BCUT2D eigenvalue weighted by Crippen LogP contribution is -2.40. The van der Waals surface area contributed by atoms with E-state index in [4.69, 9.17) is 4.74 Å². The highest BCUT2D eigenvalue weighted by Gasteiger charge is 2.26. The summed E-state index contributed by atoms with van der Waals surface area (Å²) < 4.78 is 31.9. The van der Waals surface area contributed by atoms with Crippen molar-refractivity contribution < 1.29 is 17.9 Å². The smallest absolute Gasteiger partial charge is 0.269 e. The van der Waals surface area contributed by atoms with Crippen molar-refractivity contribution in [2.75, 3.05) is 26.3 Å². The van der Waals surface area contributed by atoms with E-state index in [9.17, 15) is 13.2 Å². The molecule has 2 N–H and O–H groups in total. The van der Waals surface area contributed by atoms with Crippen LogP contribution in [-0.2, 0) is 14.8 Å². The van der Waals surface area contributed by atoms with Gasteiger partial charge in [-0.2, -0.15) is 4.31 Å². The van der Waals surface area contributed by atoms with E-state index < -0.39 is 15.9 Å². The van der Waals surface area contributed by atoms with Crippen LogP contribution in [0.2, 0.25) is 0 Å². The number of sulfonamides is 1. The maximum atomic E-state index is 12.7. The molecule has 1 amide bonds. The van der Waals surface area contributed by atoms with Crippen molar-refractivity contribution >= 4 is 33.0 Å². The highest BCUT2D eigenvalue weighted by atomic mass is 32.2. The van der Waals surface area contributed by atoms with E-state index in [2.05, 4.69) is 17.4 Å². The second-order valence-corrected chi connectivity index (χ2v) is 8.46. The lowest BCUT2D eigenvalue weighted by Gasteiger charge is -2.26. The number of nitrogens with zero attached hydrogens (tertiary/aromatic N) is 1. The zero-order chi connectivity index (χ0) is 18.6. The monoisotopic (exact) mass is 393 g/mol. The number of hydrogen-bond donors (Lipinski definition) is 2. The van der Waals surface area contributed by atoms with Crippen molar-refractivity contribution in [1.82, 2.24) is 15.2 Å². The van der Waals surface area contributed by atoms with Gasteiger partial charge in [0, 0.05) is 18.7 Å². The minimum absolute atomic E-state index is 0.0872. The van der Waals surface area contributed by atoms with Gasteiger partial charge < -0.3 is 4.74 Å². The molecule has 0 radical (unpaired) electrons. The Morgan fingerprint density at radius 2 is 1.92 bits per heavy atom. The molecule has 2 heterocycles. The van der Waals surface area contributed by atoms with Crippen LogP contribution in [0, 0.1) is 0 Å². The zero-order valence-corrected chi connectivity index (χ0v) is 15.6. The number of benzene rings is 1. The molecule has 1 saturated heterocycles. The summed E-state index contributed by atoms with van der Waals surface area (Å²) in [7, 11) is -3.65. The Morgan fingerprint density at radius 1 is 1.15 bits per heavy atom. The molecule has 2 aromatic rings. The summed E-state index contributed by atoms with van der Waals surface area (Å²) in [6.07, 6.45) is 0. The van der Waals surface area contributed by atoms with Gasteiger partial charge >= 0.3 is 0 Å². The number of hydrogen-bond acceptors (Lipinski definition) is 6. The predicted octanol–water partition coefficient (Wildman–Crippen LogP) is 1.67. The van der Waals surface area contributed by atoms with E-state index in [1.165, 1.54) is 27.8 Å². The van der Waals surface area contributed by atoms with E-state index >= 15 is 0 Å². The normalized spacial score (nSPS) is 15.4. The summed E-state index contributed by atoms with van der Waals surface area (Å²) in [6, 6.07) is 9.73. The minimum atomic E-state index is -3.65. The fourth-order valence-corrected chi connectivity index (χ4v) is 4.56. The third-order valence-corrected chi connectivity index (χ3v) is 6.67. The first-order chi connectivity index (χ1) is 12.5. The Bertz CT molecular complexity index is 888. The summed E-state index contributed by atoms with van der Waals surface area (Å²) >= 11 is 1.49. The summed E-state index contributed by atoms with van der Waals surface area (Å²) in [4.78, 5) is 13.3. The van der Waals surface area contributed by atoms with Crippen LogP contribution in [0.25, 0.3) is 5.70 Å². The highest BCUT2D eigenvalue weighted by Crippen LogP contribution is 2.19. The van der Waals surface area contributed by atoms with E-state index in [0.29, 0.717) is 32.0 Å². The molecular formula is C17H19N3O4S2. The number of carbonyl (C=O) groups excluding carboxylic acids is 1. The molecule has 0 bridgehead atoms. The molecule has 0 atom stereocenters. The number of rotatable bonds is 6. The van der Waals surface area contributed by atoms with Crippen molar-refractivity contribution in [2.45, 2.75) is 4.90 Å². The van der Waals surface area contributed by atoms with Gasteiger partial charge in [-0.25, -0.2) is 8.42 Å². The molecule has 9 heteroatoms. The van der Waals surface area contributed by atoms with Crippen LogP contribution in [0.4, 0.5) is 0 Å². The average molecular weight is 393 g/mol. The molecule has 138 valence electrons. The minimum Gasteiger partial charge on any atom is -0.379 e. The van der Waals surface area contributed by atoms with Crippen LogP contribution in [0.3, 0.4) is 0 Å². The number of amides is 1. The van der Waals surface area contributed by atoms with Gasteiger partial charge in [0.1, 0.15) is 0 Å². The van der Waals surface area contributed by atoms with Crippen LogP contribution in [-0.4, -0.2) is 44.9 Å². The van der Waals surface area contributed by atoms with Crippen LogP contribution in [0.5, 0.6) is 0 Å². The maximum absolute atomic E-state index is 12.7. The molecule has 1 aliphatic heterocycles. The van der Waals surface area contributed by atoms with E-state index in [1.807, 2.05) is 17.5 Å². The Balaban J connectivity index is 1.70. The lowest BCUT2D eigenvalue weighted by molar-refractivity contribution is 0.0730. The molecule has 0 aliphatic carbocycles. The van der Waals surface area contributed by atoms with Gasteiger partial charge in [0.2, 0.25) is 10.0 Å². The lowest BCUT2D eigenvalue weighted by atomic mass is 10.2. The molecule has 7 nitrogen and oxygen atoms in total. The summed E-state index contributed by atoms with van der Waals surface area (Å²) in [6.45, 7) is 5.20. The third kappa shape index (κ3) is 4.13. The first kappa shape index (κ1) is 18.6. The van der Waals surface area contributed by atoms with Gasteiger partial charge in [0.05, 0.1) is 28.7 Å². The molecule has 3 rings (SSSR count). The second-order valence-electron chi connectivity index (χ2n) is 5.58. The average Bonchev–Trinajstić information content (AvgIpc) is 3.21. The van der Waals surface area contributed by atoms with Crippen LogP contribution >= 0.6 is 11.3 Å². The van der Waals surface area contributed by atoms with E-state index in [0.717, 1.165) is 4.88 Å². The van der Waals surface area contributed by atoms with Crippen molar-refractivity contribution in [3.63, 3.8) is 0 Å². The molecule has 1 aromatic carbocycles. The van der Waals surface area contributed by atoms with Crippen molar-refractivity contribution in [3.05, 3.63) is 58.8 Å². The van der Waals surface area contributed by atoms with Gasteiger partial charge in [-0.1, -0.05) is 18.7 Å². The van der Waals surface area contributed by atoms with Crippen LogP contribution in [0.15, 0.2) is 53.3 Å². The maximum Gasteiger partial charge on any atom is 0.269 e. The largest absolute Gasteiger partial charge is 0.379 e. The second kappa shape index (κ2) is 8.00. The molecule has 0 spiro atoms. The van der Waals surface area contributed by atoms with Crippen LogP contribution < -0.4 is 10.9 Å². The first-order valence-electron chi connectivity index (χ1n) is 7.95. The quantitative estimate of drug-likeness (QED) is 0.729. The van der Waals surface area contributed by atoms with Crippen molar-refractivity contribution in [2.24, 2.45) is 0 Å². The first-order valence-corrected chi connectivity index (χ1v) is 10.3. The number of morpholine rings is 1. The Morgan fingerprint density at radius 3 is 2.62 bits per heavy atom. The highest BCUT2D eigenvalue weighted by molar-refractivity contribution is 7.89. The van der Waals surface area contributed by atoms with Gasteiger partial charge in [-0.15, -0.1) is 11.3 Å². The Labute approximate surface area is 156 Å². The summed E-state index contributed by atoms with van der Waals surface area (Å²) in [5.74, 6) is -0.443. The summed E-state index contributed by atoms with van der Waals surface area (Å²) in [5.41, 5.74) is 6.08. The topological polar surface area (TPSA) is 87.7 Å². The molecule has 1 fully saturated rings. The number of carbonyl (C=O) groups is 1. The zero-order valence-electron chi connectivity index (χ0n) is 14.0. The van der Waals surface area contributed by atoms with Gasteiger partial charge in [0.25, 0.3) is 5.91 Å². The van der Waals surface area contributed by atoms with Gasteiger partial charge in [-0.05, 0) is 29.6 Å². The molecular weight excluding hydrogens is 374 g/mol. The molecule has 0 unspecified atom stereocenters. The van der Waals surface area contributed by atoms with Crippen molar-refractivity contribution in [3.8, 4) is 0 Å². The number of thiophene rings is 1. The molecule has 1 aromatic heterocycles. The van der Waals surface area contributed by atoms with Crippen LogP contribution in [0.1, 0.15) is 15.2 Å². The number of hydrazine groups is 1. The Kier molecular flexibility index (Phi) is 5.72. The number of ether oxygens (including phenoxy) is 1. The predicted molar refractivity (Wildman–Crippen MR) is 100.0 cm³/mol. The van der Waals surface area contributed by atoms with Gasteiger partial charge in [0.15, 0.2) is 0 Å². The fraction of sp³-hybridized carbons (Fsp3) is 0.235. The third-order valence-electron chi connectivity index (χ3n) is 3.85. The SMILES string of the molecule is C=C(NNC(=O)c1cccc(S(=O)(=O)N2CCOCC2)c1)c1cccs1. The Hall–Kier alpha value is -2.20. The van der Waals surface area contributed by atoms with Gasteiger partial charge in [-0.3, -0.25) is 15.6 Å². The fourth-order valence-electron chi connectivity index (χ4n) is 2.45. The number of nitrogens with one attached hydrogen (secondary N) is 2. The van der Waals surface area contributed by atoms with E-state index in [1.54, 1.807) is 12.1 Å². The van der Waals surface area contributed by atoms with E-state index in [-0.39, 0.29) is 10.5 Å². The van der Waals surface area contributed by atoms with Crippen molar-refractivity contribution in [1.29, 1.82) is 0 Å².